The number of hydrogen-bond acceptors (Lipinski definition) is 3. The van der Waals surface area contributed by atoms with E-state index in [9.17, 15) is 9.59 Å². The average Bonchev–Trinajstić information content (AvgIpc) is 1.85. The lowest BCUT2D eigenvalue weighted by Gasteiger charge is -2.04. The standard InChI is InChI=1S/C7H10O5/c1-3-12-4(2)5(6(8)9)7(10)11/h3H2,1-2H3,(H,8,9)(H,10,11). The monoisotopic (exact) mass is 174 g/mol. The van der Waals surface area contributed by atoms with Crippen molar-refractivity contribution in [3.8, 4) is 0 Å². The van der Waals surface area contributed by atoms with Crippen molar-refractivity contribution in [1.82, 2.24) is 0 Å². The molecule has 68 valence electrons. The highest BCUT2D eigenvalue weighted by molar-refractivity contribution is 6.12. The van der Waals surface area contributed by atoms with Crippen LogP contribution >= 0.6 is 0 Å². The number of ether oxygens (including phenoxy) is 1. The van der Waals surface area contributed by atoms with E-state index in [2.05, 4.69) is 0 Å². The number of aliphatic carboxylic acids is 2. The summed E-state index contributed by atoms with van der Waals surface area (Å²) in [5, 5.41) is 16.8. The van der Waals surface area contributed by atoms with Crippen LogP contribution in [0.2, 0.25) is 0 Å². The Balaban J connectivity index is 4.80. The van der Waals surface area contributed by atoms with Gasteiger partial charge in [-0.15, -0.1) is 0 Å². The SMILES string of the molecule is CCOC(C)=C(C(=O)O)C(=O)O. The second-order valence-corrected chi connectivity index (χ2v) is 1.97. The largest absolute Gasteiger partial charge is 0.497 e. The Morgan fingerprint density at radius 2 is 1.67 bits per heavy atom. The summed E-state index contributed by atoms with van der Waals surface area (Å²) in [5.74, 6) is -3.07. The van der Waals surface area contributed by atoms with Crippen molar-refractivity contribution in [2.75, 3.05) is 6.61 Å². The zero-order valence-electron chi connectivity index (χ0n) is 6.83. The molecule has 0 unspecified atom stereocenters. The summed E-state index contributed by atoms with van der Waals surface area (Å²) in [6.07, 6.45) is 0. The molecule has 0 radical (unpaired) electrons. The van der Waals surface area contributed by atoms with Gasteiger partial charge in [0.25, 0.3) is 0 Å². The zero-order chi connectivity index (χ0) is 9.72. The molecule has 0 saturated heterocycles. The second kappa shape index (κ2) is 4.38. The summed E-state index contributed by atoms with van der Waals surface area (Å²) >= 11 is 0. The van der Waals surface area contributed by atoms with Crippen molar-refractivity contribution in [1.29, 1.82) is 0 Å². The van der Waals surface area contributed by atoms with E-state index >= 15 is 0 Å². The van der Waals surface area contributed by atoms with Crippen molar-refractivity contribution in [2.24, 2.45) is 0 Å². The molecule has 0 spiro atoms. The quantitative estimate of drug-likeness (QED) is 0.280. The number of carboxylic acids is 2. The van der Waals surface area contributed by atoms with Gasteiger partial charge in [-0.1, -0.05) is 0 Å². The van der Waals surface area contributed by atoms with Crippen molar-refractivity contribution in [3.63, 3.8) is 0 Å². The van der Waals surface area contributed by atoms with Gasteiger partial charge in [-0.25, -0.2) is 9.59 Å². The van der Waals surface area contributed by atoms with E-state index < -0.39 is 17.5 Å². The van der Waals surface area contributed by atoms with Gasteiger partial charge in [-0.2, -0.15) is 0 Å². The molecule has 5 nitrogen and oxygen atoms in total. The van der Waals surface area contributed by atoms with Gasteiger partial charge in [0.1, 0.15) is 5.76 Å². The Labute approximate surface area is 69.3 Å². The smallest absolute Gasteiger partial charge is 0.346 e. The lowest BCUT2D eigenvalue weighted by Crippen LogP contribution is -2.14. The molecule has 0 atom stereocenters. The average molecular weight is 174 g/mol. The lowest BCUT2D eigenvalue weighted by atomic mass is 10.2. The van der Waals surface area contributed by atoms with E-state index in [0.29, 0.717) is 0 Å². The number of carboxylic acid groups (broad SMARTS) is 2. The number of rotatable bonds is 4. The molecule has 0 rings (SSSR count). The fourth-order valence-electron chi connectivity index (χ4n) is 0.681. The predicted octanol–water partition coefficient (Wildman–Crippen LogP) is 0.466. The van der Waals surface area contributed by atoms with Crippen LogP contribution in [0.15, 0.2) is 11.3 Å². The van der Waals surface area contributed by atoms with Crippen molar-refractivity contribution < 1.29 is 24.5 Å². The van der Waals surface area contributed by atoms with Crippen LogP contribution in [0.5, 0.6) is 0 Å². The summed E-state index contributed by atoms with van der Waals surface area (Å²) < 4.78 is 4.74. The van der Waals surface area contributed by atoms with Gasteiger partial charge >= 0.3 is 11.9 Å². The fraction of sp³-hybridized carbons (Fsp3) is 0.429. The maximum atomic E-state index is 10.3. The fourth-order valence-corrected chi connectivity index (χ4v) is 0.681. The highest BCUT2D eigenvalue weighted by Gasteiger charge is 2.20. The van der Waals surface area contributed by atoms with Gasteiger partial charge in [-0.05, 0) is 13.8 Å². The van der Waals surface area contributed by atoms with Crippen molar-refractivity contribution >= 4 is 11.9 Å². The third-order valence-corrected chi connectivity index (χ3v) is 1.14. The number of hydrogen-bond donors (Lipinski definition) is 2. The van der Waals surface area contributed by atoms with E-state index in [-0.39, 0.29) is 12.4 Å². The maximum Gasteiger partial charge on any atom is 0.346 e. The molecule has 0 heterocycles. The Hall–Kier alpha value is -1.52. The molecule has 0 saturated carbocycles. The molecular weight excluding hydrogens is 164 g/mol. The Morgan fingerprint density at radius 1 is 1.25 bits per heavy atom. The highest BCUT2D eigenvalue weighted by Crippen LogP contribution is 2.05. The highest BCUT2D eigenvalue weighted by atomic mass is 16.5. The summed E-state index contributed by atoms with van der Waals surface area (Å²) in [6, 6.07) is 0. The van der Waals surface area contributed by atoms with Crippen LogP contribution in [0.1, 0.15) is 13.8 Å². The van der Waals surface area contributed by atoms with Gasteiger partial charge in [-0.3, -0.25) is 0 Å². The van der Waals surface area contributed by atoms with E-state index in [4.69, 9.17) is 14.9 Å². The molecule has 0 aromatic rings. The third kappa shape index (κ3) is 2.61. The van der Waals surface area contributed by atoms with Crippen LogP contribution in [-0.4, -0.2) is 28.8 Å². The summed E-state index contributed by atoms with van der Waals surface area (Å²) in [7, 11) is 0. The minimum atomic E-state index is -1.49. The lowest BCUT2D eigenvalue weighted by molar-refractivity contribution is -0.140. The molecule has 2 N–H and O–H groups in total. The van der Waals surface area contributed by atoms with Crippen LogP contribution in [0.4, 0.5) is 0 Å². The summed E-state index contributed by atoms with van der Waals surface area (Å²) in [6.45, 7) is 3.20. The van der Waals surface area contributed by atoms with Crippen LogP contribution in [-0.2, 0) is 14.3 Å². The normalized spacial score (nSPS) is 8.83. The summed E-state index contributed by atoms with van der Waals surface area (Å²) in [5.41, 5.74) is -0.725. The first kappa shape index (κ1) is 10.5. The molecule has 0 bridgehead atoms. The molecule has 0 aromatic carbocycles. The van der Waals surface area contributed by atoms with Crippen LogP contribution in [0.25, 0.3) is 0 Å². The van der Waals surface area contributed by atoms with Crippen LogP contribution in [0.3, 0.4) is 0 Å². The topological polar surface area (TPSA) is 83.8 Å². The number of carbonyl (C=O) groups is 2. The molecule has 0 aliphatic heterocycles. The van der Waals surface area contributed by atoms with Gasteiger partial charge in [0.2, 0.25) is 0 Å². The molecule has 0 amide bonds. The van der Waals surface area contributed by atoms with E-state index in [1.807, 2.05) is 0 Å². The summed E-state index contributed by atoms with van der Waals surface area (Å²) in [4.78, 5) is 20.7. The third-order valence-electron chi connectivity index (χ3n) is 1.14. The maximum absolute atomic E-state index is 10.3. The Kier molecular flexibility index (Phi) is 3.82. The molecule has 12 heavy (non-hydrogen) atoms. The molecule has 5 heteroatoms. The molecule has 0 fully saturated rings. The minimum absolute atomic E-state index is 0.0856. The first-order valence-electron chi connectivity index (χ1n) is 3.31. The predicted molar refractivity (Wildman–Crippen MR) is 39.6 cm³/mol. The molecule has 0 aliphatic carbocycles. The Morgan fingerprint density at radius 3 is 1.92 bits per heavy atom. The number of allylic oxidation sites excluding steroid dienone is 1. The molecular formula is C7H10O5. The first-order valence-corrected chi connectivity index (χ1v) is 3.31. The minimum Gasteiger partial charge on any atom is -0.497 e. The van der Waals surface area contributed by atoms with Gasteiger partial charge in [0, 0.05) is 0 Å². The first-order chi connectivity index (χ1) is 5.50. The van der Waals surface area contributed by atoms with Crippen LogP contribution < -0.4 is 0 Å². The van der Waals surface area contributed by atoms with E-state index in [0.717, 1.165) is 0 Å². The molecule has 0 aliphatic rings. The Bertz CT molecular complexity index is 212. The van der Waals surface area contributed by atoms with Crippen molar-refractivity contribution in [2.45, 2.75) is 13.8 Å². The van der Waals surface area contributed by atoms with Gasteiger partial charge < -0.3 is 14.9 Å². The zero-order valence-corrected chi connectivity index (χ0v) is 6.83. The van der Waals surface area contributed by atoms with Crippen LogP contribution in [0, 0.1) is 0 Å². The molecule has 0 aromatic heterocycles. The van der Waals surface area contributed by atoms with E-state index in [1.54, 1.807) is 6.92 Å². The second-order valence-electron chi connectivity index (χ2n) is 1.97. The van der Waals surface area contributed by atoms with Crippen molar-refractivity contribution in [3.05, 3.63) is 11.3 Å². The van der Waals surface area contributed by atoms with Gasteiger partial charge in [0.15, 0.2) is 5.57 Å². The van der Waals surface area contributed by atoms with E-state index in [1.165, 1.54) is 6.92 Å². The van der Waals surface area contributed by atoms with Gasteiger partial charge in [0.05, 0.1) is 6.61 Å².